The summed E-state index contributed by atoms with van der Waals surface area (Å²) < 4.78 is 11.3. The van der Waals surface area contributed by atoms with E-state index in [1.54, 1.807) is 18.2 Å². The van der Waals surface area contributed by atoms with E-state index in [0.29, 0.717) is 42.4 Å². The Morgan fingerprint density at radius 3 is 2.59 bits per heavy atom. The summed E-state index contributed by atoms with van der Waals surface area (Å²) in [6.07, 6.45) is 2.30. The summed E-state index contributed by atoms with van der Waals surface area (Å²) in [5.74, 6) is 6.06. The molecule has 0 saturated carbocycles. The molecule has 3 aromatic rings. The molecule has 168 valence electrons. The number of rotatable bonds is 10. The largest absolute Gasteiger partial charge is 0.490 e. The number of para-hydroxylation sites is 1. The fraction of sp³-hybridized carbons (Fsp3) is 0.250. The van der Waals surface area contributed by atoms with Gasteiger partial charge >= 0.3 is 5.97 Å². The van der Waals surface area contributed by atoms with E-state index in [1.807, 2.05) is 38.2 Å². The minimum atomic E-state index is -0.837. The second-order valence-electron chi connectivity index (χ2n) is 6.94. The second kappa shape index (κ2) is 10.5. The molecule has 8 heteroatoms. The topological polar surface area (TPSA) is 119 Å². The SMILES string of the molecule is C=C(/N=C(\ON)c1ccc(OCC)c(OCC)c1)c1cccc2c(CCC(=O)O)c[nH]c12. The molecule has 0 radical (unpaired) electrons. The summed E-state index contributed by atoms with van der Waals surface area (Å²) in [5.41, 5.74) is 3.55. The van der Waals surface area contributed by atoms with E-state index < -0.39 is 5.97 Å². The number of nitrogens with one attached hydrogen (secondary N) is 1. The Morgan fingerprint density at radius 2 is 1.91 bits per heavy atom. The van der Waals surface area contributed by atoms with Crippen LogP contribution in [0.15, 0.2) is 54.2 Å². The van der Waals surface area contributed by atoms with E-state index in [1.165, 1.54) is 0 Å². The Balaban J connectivity index is 1.95. The molecule has 0 atom stereocenters. The van der Waals surface area contributed by atoms with Crippen LogP contribution in [0.5, 0.6) is 11.5 Å². The Labute approximate surface area is 186 Å². The van der Waals surface area contributed by atoms with Gasteiger partial charge < -0.3 is 24.4 Å². The van der Waals surface area contributed by atoms with Crippen LogP contribution < -0.4 is 15.4 Å². The van der Waals surface area contributed by atoms with Gasteiger partial charge in [-0.3, -0.25) is 4.79 Å². The van der Waals surface area contributed by atoms with Crippen LogP contribution in [0.2, 0.25) is 0 Å². The number of aliphatic imine (C=N–C) groups is 1. The molecule has 0 aliphatic heterocycles. The predicted octanol–water partition coefficient (Wildman–Crippen LogP) is 4.29. The Bertz CT molecular complexity index is 1150. The Hall–Kier alpha value is -3.78. The van der Waals surface area contributed by atoms with E-state index in [4.69, 9.17) is 25.3 Å². The van der Waals surface area contributed by atoms with Crippen LogP contribution in [-0.2, 0) is 16.1 Å². The van der Waals surface area contributed by atoms with Crippen molar-refractivity contribution >= 4 is 28.5 Å². The van der Waals surface area contributed by atoms with Gasteiger partial charge in [0, 0.05) is 29.1 Å². The van der Waals surface area contributed by atoms with Crippen molar-refractivity contribution in [2.45, 2.75) is 26.7 Å². The summed E-state index contributed by atoms with van der Waals surface area (Å²) in [6.45, 7) is 8.86. The van der Waals surface area contributed by atoms with E-state index in [0.717, 1.165) is 22.0 Å². The number of ether oxygens (including phenoxy) is 2. The van der Waals surface area contributed by atoms with Gasteiger partial charge in [-0.25, -0.2) is 4.99 Å². The predicted molar refractivity (Wildman–Crippen MR) is 124 cm³/mol. The van der Waals surface area contributed by atoms with Crippen molar-refractivity contribution in [3.05, 3.63) is 65.9 Å². The van der Waals surface area contributed by atoms with Crippen LogP contribution in [0.3, 0.4) is 0 Å². The lowest BCUT2D eigenvalue weighted by molar-refractivity contribution is -0.136. The van der Waals surface area contributed by atoms with Crippen molar-refractivity contribution in [3.8, 4) is 11.5 Å². The first-order chi connectivity index (χ1) is 15.5. The molecular formula is C24H27N3O5. The summed E-state index contributed by atoms with van der Waals surface area (Å²) in [5, 5.41) is 9.90. The first-order valence-corrected chi connectivity index (χ1v) is 10.3. The number of aryl methyl sites for hydroxylation is 1. The highest BCUT2D eigenvalue weighted by atomic mass is 16.6. The minimum Gasteiger partial charge on any atom is -0.490 e. The number of aromatic amines is 1. The summed E-state index contributed by atoms with van der Waals surface area (Å²) in [4.78, 5) is 23.7. The molecule has 0 amide bonds. The maximum Gasteiger partial charge on any atom is 0.303 e. The molecule has 8 nitrogen and oxygen atoms in total. The average molecular weight is 437 g/mol. The number of carboxylic acid groups (broad SMARTS) is 1. The summed E-state index contributed by atoms with van der Waals surface area (Å²) in [7, 11) is 0. The number of fused-ring (bicyclic) bond motifs is 1. The lowest BCUT2D eigenvalue weighted by Crippen LogP contribution is -2.12. The molecule has 0 aliphatic carbocycles. The molecule has 0 spiro atoms. The highest BCUT2D eigenvalue weighted by Crippen LogP contribution is 2.31. The highest BCUT2D eigenvalue weighted by molar-refractivity contribution is 6.00. The first-order valence-electron chi connectivity index (χ1n) is 10.3. The zero-order chi connectivity index (χ0) is 23.1. The van der Waals surface area contributed by atoms with E-state index in [-0.39, 0.29) is 12.3 Å². The van der Waals surface area contributed by atoms with E-state index >= 15 is 0 Å². The normalized spacial score (nSPS) is 11.4. The zero-order valence-electron chi connectivity index (χ0n) is 18.2. The van der Waals surface area contributed by atoms with Crippen molar-refractivity contribution in [3.63, 3.8) is 0 Å². The molecule has 0 unspecified atom stereocenters. The number of aliphatic carboxylic acids is 1. The Kier molecular flexibility index (Phi) is 7.51. The van der Waals surface area contributed by atoms with Crippen molar-refractivity contribution in [1.29, 1.82) is 0 Å². The molecule has 32 heavy (non-hydrogen) atoms. The van der Waals surface area contributed by atoms with Crippen LogP contribution in [0.25, 0.3) is 16.6 Å². The van der Waals surface area contributed by atoms with Crippen LogP contribution in [0.4, 0.5) is 0 Å². The molecule has 1 aromatic heterocycles. The number of H-pyrrole nitrogens is 1. The number of carboxylic acids is 1. The third kappa shape index (κ3) is 5.09. The number of aromatic nitrogens is 1. The monoisotopic (exact) mass is 437 g/mol. The van der Waals surface area contributed by atoms with Gasteiger partial charge in [-0.15, -0.1) is 0 Å². The van der Waals surface area contributed by atoms with Gasteiger partial charge in [-0.2, -0.15) is 5.90 Å². The minimum absolute atomic E-state index is 0.0569. The molecule has 0 bridgehead atoms. The summed E-state index contributed by atoms with van der Waals surface area (Å²) in [6, 6.07) is 11.0. The number of hydrogen-bond donors (Lipinski definition) is 3. The lowest BCUT2D eigenvalue weighted by Gasteiger charge is -2.13. The van der Waals surface area contributed by atoms with Gasteiger partial charge in [0.05, 0.1) is 24.4 Å². The highest BCUT2D eigenvalue weighted by Gasteiger charge is 2.14. The molecule has 3 rings (SSSR count). The average Bonchev–Trinajstić information content (AvgIpc) is 3.20. The fourth-order valence-corrected chi connectivity index (χ4v) is 3.43. The van der Waals surface area contributed by atoms with Crippen LogP contribution in [-0.4, -0.2) is 35.2 Å². The third-order valence-electron chi connectivity index (χ3n) is 4.86. The number of carbonyl (C=O) groups is 1. The first kappa shape index (κ1) is 22.9. The van der Waals surface area contributed by atoms with Gasteiger partial charge in [-0.1, -0.05) is 24.8 Å². The number of benzene rings is 2. The zero-order valence-corrected chi connectivity index (χ0v) is 18.2. The molecular weight excluding hydrogens is 410 g/mol. The van der Waals surface area contributed by atoms with Gasteiger partial charge in [0.2, 0.25) is 5.90 Å². The smallest absolute Gasteiger partial charge is 0.303 e. The van der Waals surface area contributed by atoms with Gasteiger partial charge in [0.1, 0.15) is 0 Å². The number of nitrogens with two attached hydrogens (primary N) is 1. The molecule has 4 N–H and O–H groups in total. The van der Waals surface area contributed by atoms with Crippen LogP contribution in [0, 0.1) is 0 Å². The van der Waals surface area contributed by atoms with Crippen LogP contribution in [0.1, 0.15) is 37.0 Å². The van der Waals surface area contributed by atoms with Gasteiger partial charge in [-0.05, 0) is 44.0 Å². The van der Waals surface area contributed by atoms with Crippen LogP contribution >= 0.6 is 0 Å². The fourth-order valence-electron chi connectivity index (χ4n) is 3.43. The van der Waals surface area contributed by atoms with Crippen molar-refractivity contribution in [1.82, 2.24) is 4.98 Å². The molecule has 0 aliphatic rings. The number of nitrogens with zero attached hydrogens (tertiary/aromatic N) is 1. The standard InChI is InChI=1S/C24H27N3O5/c1-4-30-20-11-9-16(13-21(20)31-5-2)24(32-25)27-15(3)18-7-6-8-19-17(10-12-22(28)29)14-26-23(18)19/h6-9,11,13-14,26H,3-5,10,12,25H2,1-2H3,(H,28,29)/b27-24-. The van der Waals surface area contributed by atoms with Crippen molar-refractivity contribution in [2.75, 3.05) is 13.2 Å². The Morgan fingerprint density at radius 1 is 1.16 bits per heavy atom. The maximum absolute atomic E-state index is 10.9. The van der Waals surface area contributed by atoms with Crippen molar-refractivity contribution in [2.24, 2.45) is 10.9 Å². The van der Waals surface area contributed by atoms with Gasteiger partial charge in [0.15, 0.2) is 11.5 Å². The maximum atomic E-state index is 10.9. The summed E-state index contributed by atoms with van der Waals surface area (Å²) >= 11 is 0. The van der Waals surface area contributed by atoms with Crippen molar-refractivity contribution < 1.29 is 24.2 Å². The quantitative estimate of drug-likeness (QED) is 0.247. The molecule has 0 fully saturated rings. The molecule has 2 aromatic carbocycles. The third-order valence-corrected chi connectivity index (χ3v) is 4.86. The molecule has 0 saturated heterocycles. The molecule has 1 heterocycles. The van der Waals surface area contributed by atoms with E-state index in [2.05, 4.69) is 16.6 Å². The number of hydrogen-bond acceptors (Lipinski definition) is 6. The van der Waals surface area contributed by atoms with E-state index in [9.17, 15) is 4.79 Å². The second-order valence-corrected chi connectivity index (χ2v) is 6.94. The lowest BCUT2D eigenvalue weighted by atomic mass is 10.0. The van der Waals surface area contributed by atoms with Gasteiger partial charge in [0.25, 0.3) is 0 Å².